The fourth-order valence-corrected chi connectivity index (χ4v) is 8.96. The van der Waals surface area contributed by atoms with Crippen LogP contribution >= 0.6 is 15.9 Å². The SMILES string of the molecule is C=CCCC(=O)N[C@H](COC)[C@H](OC(=O)[C@@H]1[C@H]2O[C@@]3(CC2Br)[C@H](C(=O)N(CC=C)Cn2nnc4ccccc42)N(CCCO)C(=O)[C@@H]13)c1ccccc1. The standard InChI is InChI=1S/C38H45BrN6O8/c1-4-6-17-29(47)40-27(22-51-3)32(24-13-8-7-9-14-24)52-37(50)30-31-35(48)44(19-12-20-46)34(38(31)21-25(39)33(30)53-38)36(49)43(18-5-2)23-45-28-16-11-10-15-26(28)41-42-45/h4-5,7-11,13-16,25,27,30-34,46H,1-2,6,12,17-23H2,3H3,(H,40,47)/t25?,27-,30+,31-,32-,33+,34+,38-/m1/s1. The molecule has 14 nitrogen and oxygen atoms in total. The second-order valence-electron chi connectivity index (χ2n) is 13.6. The molecule has 3 amide bonds. The van der Waals surface area contributed by atoms with E-state index in [9.17, 15) is 24.3 Å². The number of carbonyl (C=O) groups is 4. The second-order valence-corrected chi connectivity index (χ2v) is 14.7. The minimum atomic E-state index is -1.37. The molecule has 6 rings (SSSR count). The van der Waals surface area contributed by atoms with Gasteiger partial charge in [-0.25, -0.2) is 4.68 Å². The highest BCUT2D eigenvalue weighted by molar-refractivity contribution is 9.09. The molecule has 1 aromatic heterocycles. The van der Waals surface area contributed by atoms with Crippen LogP contribution in [0.25, 0.3) is 11.0 Å². The number of alkyl halides is 1. The number of hydrogen-bond donors (Lipinski definition) is 2. The average molecular weight is 794 g/mol. The number of amides is 3. The molecule has 3 saturated heterocycles. The van der Waals surface area contributed by atoms with Gasteiger partial charge in [-0.05, 0) is 37.0 Å². The van der Waals surface area contributed by atoms with Crippen molar-refractivity contribution in [2.45, 2.75) is 67.1 Å². The smallest absolute Gasteiger partial charge is 0.313 e. The number of ether oxygens (including phenoxy) is 3. The lowest BCUT2D eigenvalue weighted by Crippen LogP contribution is -2.57. The monoisotopic (exact) mass is 792 g/mol. The summed E-state index contributed by atoms with van der Waals surface area (Å²) in [5, 5.41) is 21.2. The van der Waals surface area contributed by atoms with Gasteiger partial charge in [0.1, 0.15) is 29.9 Å². The van der Waals surface area contributed by atoms with Gasteiger partial charge in [0.15, 0.2) is 0 Å². The predicted octanol–water partition coefficient (Wildman–Crippen LogP) is 2.92. The Morgan fingerprint density at radius 1 is 1.17 bits per heavy atom. The highest BCUT2D eigenvalue weighted by Gasteiger charge is 2.77. The summed E-state index contributed by atoms with van der Waals surface area (Å²) in [5.74, 6) is -3.90. The number of carbonyl (C=O) groups excluding carboxylic acids is 4. The molecule has 0 radical (unpaired) electrons. The number of esters is 1. The molecule has 2 N–H and O–H groups in total. The van der Waals surface area contributed by atoms with E-state index in [0.717, 1.165) is 5.52 Å². The van der Waals surface area contributed by atoms with Gasteiger partial charge in [0.25, 0.3) is 0 Å². The molecule has 3 aliphatic rings. The molecule has 8 atom stereocenters. The van der Waals surface area contributed by atoms with Gasteiger partial charge in [-0.15, -0.1) is 18.3 Å². The number of methoxy groups -OCH3 is 1. The predicted molar refractivity (Wildman–Crippen MR) is 197 cm³/mol. The first-order valence-electron chi connectivity index (χ1n) is 17.7. The Morgan fingerprint density at radius 3 is 2.64 bits per heavy atom. The van der Waals surface area contributed by atoms with Crippen LogP contribution in [0, 0.1) is 11.8 Å². The van der Waals surface area contributed by atoms with Crippen molar-refractivity contribution in [3.05, 3.63) is 85.5 Å². The number of benzene rings is 2. The molecule has 2 aromatic carbocycles. The van der Waals surface area contributed by atoms with Crippen LogP contribution in [0.5, 0.6) is 0 Å². The number of rotatable bonds is 18. The molecule has 3 fully saturated rings. The van der Waals surface area contributed by atoms with E-state index in [-0.39, 0.29) is 63.0 Å². The Balaban J connectivity index is 1.33. The fourth-order valence-electron chi connectivity index (χ4n) is 8.01. The zero-order valence-electron chi connectivity index (χ0n) is 29.6. The summed E-state index contributed by atoms with van der Waals surface area (Å²) >= 11 is 3.72. The molecule has 1 unspecified atom stereocenters. The minimum Gasteiger partial charge on any atom is -0.455 e. The van der Waals surface area contributed by atoms with Gasteiger partial charge in [-0.2, -0.15) is 0 Å². The number of nitrogens with zero attached hydrogens (tertiary/aromatic N) is 5. The molecule has 0 aliphatic carbocycles. The van der Waals surface area contributed by atoms with Crippen LogP contribution in [0.1, 0.15) is 37.4 Å². The number of hydrogen-bond acceptors (Lipinski definition) is 10. The fraction of sp³-hybridized carbons (Fsp3) is 0.474. The third kappa shape index (κ3) is 7.39. The summed E-state index contributed by atoms with van der Waals surface area (Å²) in [5.41, 5.74) is 0.639. The average Bonchev–Trinajstić information content (AvgIpc) is 3.88. The Hall–Kier alpha value is -4.44. The van der Waals surface area contributed by atoms with E-state index >= 15 is 0 Å². The van der Waals surface area contributed by atoms with Crippen LogP contribution in [-0.4, -0.2) is 116 Å². The van der Waals surface area contributed by atoms with Gasteiger partial charge < -0.3 is 34.4 Å². The molecule has 3 aromatic rings. The number of nitrogens with one attached hydrogen (secondary N) is 1. The zero-order chi connectivity index (χ0) is 37.7. The van der Waals surface area contributed by atoms with Crippen molar-refractivity contribution in [3.8, 4) is 0 Å². The number of aromatic nitrogens is 3. The number of para-hydroxylation sites is 1. The number of allylic oxidation sites excluding steroid dienone is 1. The molecule has 3 aliphatic heterocycles. The van der Waals surface area contributed by atoms with E-state index in [1.807, 2.05) is 30.3 Å². The summed E-state index contributed by atoms with van der Waals surface area (Å²) in [6.45, 7) is 7.61. The van der Waals surface area contributed by atoms with Gasteiger partial charge in [-0.1, -0.05) is 75.8 Å². The van der Waals surface area contributed by atoms with Crippen LogP contribution < -0.4 is 5.32 Å². The van der Waals surface area contributed by atoms with Crippen molar-refractivity contribution in [2.75, 3.05) is 33.4 Å². The van der Waals surface area contributed by atoms with Crippen LogP contribution in [0.3, 0.4) is 0 Å². The van der Waals surface area contributed by atoms with E-state index < -0.39 is 59.5 Å². The van der Waals surface area contributed by atoms with Crippen molar-refractivity contribution >= 4 is 50.7 Å². The van der Waals surface area contributed by atoms with E-state index in [2.05, 4.69) is 44.7 Å². The third-order valence-electron chi connectivity index (χ3n) is 10.2. The molecule has 53 heavy (non-hydrogen) atoms. The van der Waals surface area contributed by atoms with E-state index in [1.54, 1.807) is 41.1 Å². The molecule has 282 valence electrons. The first kappa shape index (κ1) is 38.3. The van der Waals surface area contributed by atoms with Crippen LogP contribution in [0.15, 0.2) is 79.9 Å². The van der Waals surface area contributed by atoms with Crippen molar-refractivity contribution in [1.29, 1.82) is 0 Å². The van der Waals surface area contributed by atoms with E-state index in [0.29, 0.717) is 17.5 Å². The maximum atomic E-state index is 14.8. The number of aliphatic hydroxyl groups excluding tert-OH is 1. The first-order valence-corrected chi connectivity index (χ1v) is 18.7. The van der Waals surface area contributed by atoms with Gasteiger partial charge in [0.05, 0.1) is 36.1 Å². The van der Waals surface area contributed by atoms with Crippen LogP contribution in [0.2, 0.25) is 0 Å². The van der Waals surface area contributed by atoms with E-state index in [1.165, 1.54) is 16.9 Å². The summed E-state index contributed by atoms with van der Waals surface area (Å²) in [6.07, 6.45) is 2.64. The summed E-state index contributed by atoms with van der Waals surface area (Å²) in [6, 6.07) is 14.5. The van der Waals surface area contributed by atoms with Gasteiger partial charge in [-0.3, -0.25) is 19.2 Å². The van der Waals surface area contributed by atoms with Crippen LogP contribution in [-0.2, 0) is 40.1 Å². The quantitative estimate of drug-likeness (QED) is 0.111. The lowest BCUT2D eigenvalue weighted by molar-refractivity contribution is -0.163. The second kappa shape index (κ2) is 16.7. The lowest BCUT2D eigenvalue weighted by atomic mass is 9.70. The topological polar surface area (TPSA) is 165 Å². The zero-order valence-corrected chi connectivity index (χ0v) is 31.2. The molecule has 1 spiro atoms. The van der Waals surface area contributed by atoms with E-state index in [4.69, 9.17) is 14.2 Å². The van der Waals surface area contributed by atoms with Gasteiger partial charge in [0, 0.05) is 38.1 Å². The molecule has 0 saturated carbocycles. The lowest BCUT2D eigenvalue weighted by Gasteiger charge is -2.37. The van der Waals surface area contributed by atoms with Crippen LogP contribution in [0.4, 0.5) is 0 Å². The van der Waals surface area contributed by atoms with Crippen molar-refractivity contribution in [1.82, 2.24) is 30.1 Å². The highest BCUT2D eigenvalue weighted by Crippen LogP contribution is 2.60. The summed E-state index contributed by atoms with van der Waals surface area (Å²) in [7, 11) is 1.49. The number of fused-ring (bicyclic) bond motifs is 2. The molecule has 15 heteroatoms. The van der Waals surface area contributed by atoms with Gasteiger partial charge in [0.2, 0.25) is 17.7 Å². The van der Waals surface area contributed by atoms with Gasteiger partial charge >= 0.3 is 5.97 Å². The summed E-state index contributed by atoms with van der Waals surface area (Å²) < 4.78 is 20.1. The largest absolute Gasteiger partial charge is 0.455 e. The Bertz CT molecular complexity index is 1820. The highest BCUT2D eigenvalue weighted by atomic mass is 79.9. The number of likely N-dealkylation sites (tertiary alicyclic amines) is 1. The molecule has 4 heterocycles. The number of aliphatic hydroxyl groups is 1. The summed E-state index contributed by atoms with van der Waals surface area (Å²) in [4.78, 5) is 59.4. The Kier molecular flexibility index (Phi) is 12.1. The third-order valence-corrected chi connectivity index (χ3v) is 11.1. The minimum absolute atomic E-state index is 0.0233. The van der Waals surface area contributed by atoms with Crippen molar-refractivity contribution in [3.63, 3.8) is 0 Å². The molecular formula is C38H45BrN6O8. The number of halogens is 1. The maximum Gasteiger partial charge on any atom is 0.313 e. The van der Waals surface area contributed by atoms with Crippen molar-refractivity contribution in [2.24, 2.45) is 11.8 Å². The molecular weight excluding hydrogens is 748 g/mol. The van der Waals surface area contributed by atoms with Crippen molar-refractivity contribution < 1.29 is 38.5 Å². The Labute approximate surface area is 316 Å². The normalized spacial score (nSPS) is 25.5. The maximum absolute atomic E-state index is 14.8. The molecule has 2 bridgehead atoms. The first-order chi connectivity index (χ1) is 25.7. The Morgan fingerprint density at radius 2 is 1.92 bits per heavy atom.